The fourth-order valence-electron chi connectivity index (χ4n) is 0.615. The Morgan fingerprint density at radius 1 is 1.50 bits per heavy atom. The minimum Gasteiger partial charge on any atom is -0.260 e. The Morgan fingerprint density at radius 3 is 2.90 bits per heavy atom. The lowest BCUT2D eigenvalue weighted by Gasteiger charge is -1.94. The van der Waals surface area contributed by atoms with Crippen molar-refractivity contribution in [2.24, 2.45) is 0 Å². The zero-order valence-electron chi connectivity index (χ0n) is 5.29. The topological polar surface area (TPSA) is 25.8 Å². The van der Waals surface area contributed by atoms with Crippen LogP contribution in [0, 0.1) is 0 Å². The molecule has 0 aromatic carbocycles. The summed E-state index contributed by atoms with van der Waals surface area (Å²) in [4.78, 5) is 7.89. The van der Waals surface area contributed by atoms with Gasteiger partial charge in [-0.25, -0.2) is 4.98 Å². The molecule has 4 heteroatoms. The van der Waals surface area contributed by atoms with Crippen LogP contribution in [0.2, 0.25) is 5.15 Å². The van der Waals surface area contributed by atoms with Crippen LogP contribution in [0.3, 0.4) is 0 Å². The number of hydrogen-bond donors (Lipinski definition) is 1. The average Bonchev–Trinajstić information content (AvgIpc) is 1.88. The highest BCUT2D eigenvalue weighted by atomic mass is 35.5. The minimum atomic E-state index is 0.444. The van der Waals surface area contributed by atoms with Crippen LogP contribution in [0.4, 0.5) is 0 Å². The van der Waals surface area contributed by atoms with Crippen LogP contribution in [-0.4, -0.2) is 15.7 Å². The van der Waals surface area contributed by atoms with Crippen molar-refractivity contribution in [3.05, 3.63) is 23.2 Å². The standard InChI is InChI=1S/C6H7ClN2S/c7-6-4-8-3-5(9-6)1-2-10/h3-4,10H,1-2H2. The van der Waals surface area contributed by atoms with Gasteiger partial charge in [-0.05, 0) is 5.75 Å². The van der Waals surface area contributed by atoms with E-state index in [0.29, 0.717) is 5.15 Å². The first kappa shape index (κ1) is 7.82. The van der Waals surface area contributed by atoms with Gasteiger partial charge in [-0.3, -0.25) is 4.98 Å². The first-order valence-corrected chi connectivity index (χ1v) is 3.91. The van der Waals surface area contributed by atoms with Gasteiger partial charge in [-0.2, -0.15) is 12.6 Å². The van der Waals surface area contributed by atoms with E-state index in [1.165, 1.54) is 6.20 Å². The van der Waals surface area contributed by atoms with E-state index in [1.807, 2.05) is 0 Å². The van der Waals surface area contributed by atoms with E-state index in [0.717, 1.165) is 17.9 Å². The second kappa shape index (κ2) is 3.78. The lowest BCUT2D eigenvalue weighted by molar-refractivity contribution is 1.01. The molecule has 1 aromatic rings. The highest BCUT2D eigenvalue weighted by Crippen LogP contribution is 2.02. The Hall–Kier alpha value is -0.280. The van der Waals surface area contributed by atoms with Crippen LogP contribution in [0.1, 0.15) is 5.69 Å². The van der Waals surface area contributed by atoms with Gasteiger partial charge in [0.15, 0.2) is 0 Å². The molecule has 0 unspecified atom stereocenters. The zero-order valence-corrected chi connectivity index (χ0v) is 6.94. The summed E-state index contributed by atoms with van der Waals surface area (Å²) in [5.41, 5.74) is 0.891. The number of aromatic nitrogens is 2. The third-order valence-electron chi connectivity index (χ3n) is 1.02. The maximum absolute atomic E-state index is 5.58. The summed E-state index contributed by atoms with van der Waals surface area (Å²) in [5.74, 6) is 0.773. The molecule has 0 bridgehead atoms. The summed E-state index contributed by atoms with van der Waals surface area (Å²) < 4.78 is 0. The van der Waals surface area contributed by atoms with Crippen LogP contribution in [-0.2, 0) is 6.42 Å². The molecule has 2 nitrogen and oxygen atoms in total. The maximum atomic E-state index is 5.58. The number of aryl methyl sites for hydroxylation is 1. The number of thiol groups is 1. The van der Waals surface area contributed by atoms with E-state index in [1.54, 1.807) is 6.20 Å². The molecule has 0 spiro atoms. The number of halogens is 1. The summed E-state index contributed by atoms with van der Waals surface area (Å²) in [7, 11) is 0. The molecule has 0 radical (unpaired) electrons. The van der Waals surface area contributed by atoms with Gasteiger partial charge < -0.3 is 0 Å². The normalized spacial score (nSPS) is 9.80. The molecule has 0 fully saturated rings. The van der Waals surface area contributed by atoms with Gasteiger partial charge in [0.25, 0.3) is 0 Å². The van der Waals surface area contributed by atoms with Crippen LogP contribution >= 0.6 is 24.2 Å². The summed E-state index contributed by atoms with van der Waals surface area (Å²) in [6.45, 7) is 0. The van der Waals surface area contributed by atoms with E-state index in [4.69, 9.17) is 11.6 Å². The van der Waals surface area contributed by atoms with E-state index < -0.39 is 0 Å². The molecule has 0 saturated heterocycles. The molecule has 10 heavy (non-hydrogen) atoms. The molecule has 0 aliphatic rings. The molecule has 1 aromatic heterocycles. The summed E-state index contributed by atoms with van der Waals surface area (Å²) in [5, 5.41) is 0.444. The second-order valence-corrected chi connectivity index (χ2v) is 2.64. The minimum absolute atomic E-state index is 0.444. The smallest absolute Gasteiger partial charge is 0.147 e. The molecular formula is C6H7ClN2S. The van der Waals surface area contributed by atoms with Crippen molar-refractivity contribution in [2.45, 2.75) is 6.42 Å². The van der Waals surface area contributed by atoms with Gasteiger partial charge in [0.2, 0.25) is 0 Å². The highest BCUT2D eigenvalue weighted by Gasteiger charge is 1.93. The van der Waals surface area contributed by atoms with Crippen LogP contribution in [0.25, 0.3) is 0 Å². The average molecular weight is 175 g/mol. The Bertz CT molecular complexity index is 217. The molecule has 0 atom stereocenters. The van der Waals surface area contributed by atoms with E-state index in [2.05, 4.69) is 22.6 Å². The van der Waals surface area contributed by atoms with Crippen molar-refractivity contribution in [3.63, 3.8) is 0 Å². The SMILES string of the molecule is SCCc1cncc(Cl)n1. The van der Waals surface area contributed by atoms with Gasteiger partial charge >= 0.3 is 0 Å². The van der Waals surface area contributed by atoms with Crippen molar-refractivity contribution in [1.29, 1.82) is 0 Å². The summed E-state index contributed by atoms with van der Waals surface area (Å²) >= 11 is 9.64. The predicted octanol–water partition coefficient (Wildman–Crippen LogP) is 1.60. The molecule has 1 heterocycles. The lowest BCUT2D eigenvalue weighted by atomic mass is 10.4. The van der Waals surface area contributed by atoms with Gasteiger partial charge in [-0.1, -0.05) is 11.6 Å². The number of rotatable bonds is 2. The number of hydrogen-bond acceptors (Lipinski definition) is 3. The Labute approximate surface area is 70.1 Å². The maximum Gasteiger partial charge on any atom is 0.147 e. The third kappa shape index (κ3) is 2.15. The molecule has 0 aliphatic heterocycles. The summed E-state index contributed by atoms with van der Waals surface area (Å²) in [6.07, 6.45) is 4.03. The van der Waals surface area contributed by atoms with Crippen LogP contribution < -0.4 is 0 Å². The van der Waals surface area contributed by atoms with Crippen LogP contribution in [0.15, 0.2) is 12.4 Å². The Morgan fingerprint density at radius 2 is 2.30 bits per heavy atom. The predicted molar refractivity (Wildman–Crippen MR) is 44.6 cm³/mol. The van der Waals surface area contributed by atoms with E-state index >= 15 is 0 Å². The molecule has 0 N–H and O–H groups in total. The molecule has 0 amide bonds. The third-order valence-corrected chi connectivity index (χ3v) is 1.43. The first-order valence-electron chi connectivity index (χ1n) is 2.90. The Balaban J connectivity index is 2.75. The van der Waals surface area contributed by atoms with Gasteiger partial charge in [0.1, 0.15) is 5.15 Å². The Kier molecular flexibility index (Phi) is 2.96. The number of nitrogens with zero attached hydrogens (tertiary/aromatic N) is 2. The van der Waals surface area contributed by atoms with Crippen molar-refractivity contribution < 1.29 is 0 Å². The quantitative estimate of drug-likeness (QED) is 0.690. The van der Waals surface area contributed by atoms with Gasteiger partial charge in [0.05, 0.1) is 11.9 Å². The largest absolute Gasteiger partial charge is 0.260 e. The fourth-order valence-corrected chi connectivity index (χ4v) is 1.01. The van der Waals surface area contributed by atoms with E-state index in [-0.39, 0.29) is 0 Å². The van der Waals surface area contributed by atoms with Gasteiger partial charge in [-0.15, -0.1) is 0 Å². The van der Waals surface area contributed by atoms with Crippen LogP contribution in [0.5, 0.6) is 0 Å². The highest BCUT2D eigenvalue weighted by molar-refractivity contribution is 7.80. The van der Waals surface area contributed by atoms with Crippen molar-refractivity contribution in [2.75, 3.05) is 5.75 Å². The summed E-state index contributed by atoms with van der Waals surface area (Å²) in [6, 6.07) is 0. The first-order chi connectivity index (χ1) is 4.83. The van der Waals surface area contributed by atoms with E-state index in [9.17, 15) is 0 Å². The molecule has 1 rings (SSSR count). The lowest BCUT2D eigenvalue weighted by Crippen LogP contribution is -1.91. The second-order valence-electron chi connectivity index (χ2n) is 1.81. The molecular weight excluding hydrogens is 168 g/mol. The van der Waals surface area contributed by atoms with Gasteiger partial charge in [0, 0.05) is 12.6 Å². The monoisotopic (exact) mass is 174 g/mol. The van der Waals surface area contributed by atoms with Crippen molar-refractivity contribution >= 4 is 24.2 Å². The molecule has 0 aliphatic carbocycles. The zero-order chi connectivity index (χ0) is 7.40. The van der Waals surface area contributed by atoms with Crippen molar-refractivity contribution in [1.82, 2.24) is 9.97 Å². The molecule has 0 saturated carbocycles. The fraction of sp³-hybridized carbons (Fsp3) is 0.333. The van der Waals surface area contributed by atoms with Crippen molar-refractivity contribution in [3.8, 4) is 0 Å². The molecule has 54 valence electrons.